The van der Waals surface area contributed by atoms with Crippen molar-refractivity contribution in [2.45, 2.75) is 19.8 Å². The van der Waals surface area contributed by atoms with Crippen LogP contribution in [0.15, 0.2) is 27.1 Å². The zero-order chi connectivity index (χ0) is 11.5. The van der Waals surface area contributed by atoms with Crippen molar-refractivity contribution >= 4 is 31.9 Å². The summed E-state index contributed by atoms with van der Waals surface area (Å²) in [5.41, 5.74) is 1.00. The second-order valence-electron chi connectivity index (χ2n) is 3.48. The topological polar surface area (TPSA) is 41.6 Å². The number of aromatic amines is 1. The first-order chi connectivity index (χ1) is 7.70. The fraction of sp³-hybridized carbons (Fsp3) is 0.273. The predicted molar refractivity (Wildman–Crippen MR) is 71.2 cm³/mol. The van der Waals surface area contributed by atoms with Crippen molar-refractivity contribution in [1.82, 2.24) is 15.2 Å². The van der Waals surface area contributed by atoms with Crippen LogP contribution in [-0.2, 0) is 6.42 Å². The zero-order valence-corrected chi connectivity index (χ0v) is 12.0. The average molecular weight is 345 g/mol. The molecular formula is C11H11Br2N3. The Morgan fingerprint density at radius 3 is 2.81 bits per heavy atom. The Morgan fingerprint density at radius 2 is 2.12 bits per heavy atom. The molecule has 0 spiro atoms. The fourth-order valence-corrected chi connectivity index (χ4v) is 2.66. The van der Waals surface area contributed by atoms with E-state index in [0.717, 1.165) is 39.0 Å². The van der Waals surface area contributed by atoms with Crippen molar-refractivity contribution in [1.29, 1.82) is 0 Å². The summed E-state index contributed by atoms with van der Waals surface area (Å²) in [4.78, 5) is 4.45. The number of hydrogen-bond acceptors (Lipinski definition) is 2. The summed E-state index contributed by atoms with van der Waals surface area (Å²) in [7, 11) is 0. The van der Waals surface area contributed by atoms with Gasteiger partial charge in [0.15, 0.2) is 5.82 Å². The van der Waals surface area contributed by atoms with Gasteiger partial charge in [-0.25, -0.2) is 4.98 Å². The van der Waals surface area contributed by atoms with E-state index >= 15 is 0 Å². The minimum absolute atomic E-state index is 0.739. The van der Waals surface area contributed by atoms with E-state index in [1.54, 1.807) is 0 Å². The summed E-state index contributed by atoms with van der Waals surface area (Å²) in [6.45, 7) is 2.12. The molecule has 84 valence electrons. The quantitative estimate of drug-likeness (QED) is 0.915. The van der Waals surface area contributed by atoms with Gasteiger partial charge in [0, 0.05) is 20.9 Å². The monoisotopic (exact) mass is 343 g/mol. The van der Waals surface area contributed by atoms with Crippen LogP contribution in [0.2, 0.25) is 0 Å². The van der Waals surface area contributed by atoms with Gasteiger partial charge in [-0.3, -0.25) is 5.10 Å². The predicted octanol–water partition coefficient (Wildman–Crippen LogP) is 3.95. The fourth-order valence-electron chi connectivity index (χ4n) is 1.44. The molecule has 0 radical (unpaired) electrons. The second kappa shape index (κ2) is 5.10. The van der Waals surface area contributed by atoms with Gasteiger partial charge in [-0.1, -0.05) is 22.9 Å². The molecule has 0 aliphatic carbocycles. The highest BCUT2D eigenvalue weighted by molar-refractivity contribution is 9.11. The van der Waals surface area contributed by atoms with E-state index in [4.69, 9.17) is 0 Å². The second-order valence-corrected chi connectivity index (χ2v) is 5.25. The van der Waals surface area contributed by atoms with Crippen LogP contribution in [0.4, 0.5) is 0 Å². The van der Waals surface area contributed by atoms with Crippen LogP contribution in [0.1, 0.15) is 19.2 Å². The molecule has 0 saturated carbocycles. The third-order valence-corrected chi connectivity index (χ3v) is 3.34. The van der Waals surface area contributed by atoms with E-state index in [9.17, 15) is 0 Å². The Balaban J connectivity index is 2.35. The van der Waals surface area contributed by atoms with Crippen LogP contribution in [0.3, 0.4) is 0 Å². The normalized spacial score (nSPS) is 10.7. The van der Waals surface area contributed by atoms with Crippen LogP contribution in [0, 0.1) is 0 Å². The Kier molecular flexibility index (Phi) is 3.76. The molecule has 2 aromatic rings. The third-order valence-electron chi connectivity index (χ3n) is 2.19. The van der Waals surface area contributed by atoms with Gasteiger partial charge in [-0.05, 0) is 40.5 Å². The molecule has 1 N–H and O–H groups in total. The van der Waals surface area contributed by atoms with Crippen LogP contribution in [0.5, 0.6) is 0 Å². The number of rotatable bonds is 3. The lowest BCUT2D eigenvalue weighted by molar-refractivity contribution is 0.841. The van der Waals surface area contributed by atoms with Gasteiger partial charge in [-0.15, -0.1) is 0 Å². The van der Waals surface area contributed by atoms with Gasteiger partial charge < -0.3 is 0 Å². The van der Waals surface area contributed by atoms with Crippen molar-refractivity contribution < 1.29 is 0 Å². The molecule has 0 atom stereocenters. The van der Waals surface area contributed by atoms with E-state index in [2.05, 4.69) is 54.0 Å². The molecule has 0 aliphatic heterocycles. The van der Waals surface area contributed by atoms with E-state index in [1.807, 2.05) is 18.2 Å². The van der Waals surface area contributed by atoms with Gasteiger partial charge in [0.05, 0.1) is 0 Å². The van der Waals surface area contributed by atoms with Crippen molar-refractivity contribution in [3.8, 4) is 11.4 Å². The number of hydrogen-bond donors (Lipinski definition) is 1. The van der Waals surface area contributed by atoms with Gasteiger partial charge in [-0.2, -0.15) is 5.10 Å². The van der Waals surface area contributed by atoms with Gasteiger partial charge in [0.1, 0.15) is 5.82 Å². The summed E-state index contributed by atoms with van der Waals surface area (Å²) in [6, 6.07) is 5.97. The van der Waals surface area contributed by atoms with Gasteiger partial charge in [0.2, 0.25) is 0 Å². The maximum absolute atomic E-state index is 4.45. The molecule has 2 rings (SSSR count). The summed E-state index contributed by atoms with van der Waals surface area (Å²) in [5.74, 6) is 1.68. The lowest BCUT2D eigenvalue weighted by Gasteiger charge is -1.99. The zero-order valence-electron chi connectivity index (χ0n) is 8.80. The molecule has 3 nitrogen and oxygen atoms in total. The van der Waals surface area contributed by atoms with Crippen LogP contribution in [0.25, 0.3) is 11.4 Å². The highest BCUT2D eigenvalue weighted by Gasteiger charge is 2.09. The third kappa shape index (κ3) is 2.52. The SMILES string of the molecule is CCCc1nc(-c2ccc(Br)cc2Br)n[nH]1. The summed E-state index contributed by atoms with van der Waals surface area (Å²) >= 11 is 6.93. The number of halogens is 2. The molecule has 0 fully saturated rings. The minimum atomic E-state index is 0.739. The Bertz CT molecular complexity index is 494. The van der Waals surface area contributed by atoms with E-state index in [0.29, 0.717) is 0 Å². The van der Waals surface area contributed by atoms with Crippen LogP contribution in [-0.4, -0.2) is 15.2 Å². The molecule has 5 heteroatoms. The molecule has 0 unspecified atom stereocenters. The number of nitrogens with one attached hydrogen (secondary N) is 1. The van der Waals surface area contributed by atoms with Crippen LogP contribution < -0.4 is 0 Å². The first kappa shape index (κ1) is 11.8. The average Bonchev–Trinajstić information content (AvgIpc) is 2.67. The van der Waals surface area contributed by atoms with Gasteiger partial charge >= 0.3 is 0 Å². The molecule has 0 amide bonds. The number of aromatic nitrogens is 3. The van der Waals surface area contributed by atoms with Crippen molar-refractivity contribution in [2.24, 2.45) is 0 Å². The molecule has 16 heavy (non-hydrogen) atoms. The van der Waals surface area contributed by atoms with E-state index in [-0.39, 0.29) is 0 Å². The van der Waals surface area contributed by atoms with Crippen molar-refractivity contribution in [3.05, 3.63) is 33.0 Å². The Labute approximate surface area is 111 Å². The lowest BCUT2D eigenvalue weighted by atomic mass is 10.2. The smallest absolute Gasteiger partial charge is 0.182 e. The van der Waals surface area contributed by atoms with Crippen LogP contribution >= 0.6 is 31.9 Å². The van der Waals surface area contributed by atoms with Gasteiger partial charge in [0.25, 0.3) is 0 Å². The van der Waals surface area contributed by atoms with Crippen molar-refractivity contribution in [2.75, 3.05) is 0 Å². The largest absolute Gasteiger partial charge is 0.263 e. The molecule has 0 bridgehead atoms. The number of nitrogens with zero attached hydrogens (tertiary/aromatic N) is 2. The minimum Gasteiger partial charge on any atom is -0.263 e. The number of H-pyrrole nitrogens is 1. The molecule has 1 aromatic carbocycles. The Morgan fingerprint density at radius 1 is 1.31 bits per heavy atom. The number of benzene rings is 1. The van der Waals surface area contributed by atoms with E-state index in [1.165, 1.54) is 0 Å². The maximum atomic E-state index is 4.45. The molecule has 0 saturated heterocycles. The molecular weight excluding hydrogens is 334 g/mol. The highest BCUT2D eigenvalue weighted by atomic mass is 79.9. The Hall–Kier alpha value is -0.680. The molecule has 1 heterocycles. The van der Waals surface area contributed by atoms with E-state index < -0.39 is 0 Å². The summed E-state index contributed by atoms with van der Waals surface area (Å²) in [6.07, 6.45) is 2.00. The molecule has 1 aromatic heterocycles. The molecule has 0 aliphatic rings. The summed E-state index contributed by atoms with van der Waals surface area (Å²) in [5, 5.41) is 7.17. The first-order valence-corrected chi connectivity index (χ1v) is 6.66. The maximum Gasteiger partial charge on any atom is 0.182 e. The highest BCUT2D eigenvalue weighted by Crippen LogP contribution is 2.28. The van der Waals surface area contributed by atoms with Crippen molar-refractivity contribution in [3.63, 3.8) is 0 Å². The lowest BCUT2D eigenvalue weighted by Crippen LogP contribution is -1.86. The first-order valence-electron chi connectivity index (χ1n) is 5.07. The summed E-state index contributed by atoms with van der Waals surface area (Å²) < 4.78 is 2.02. The number of aryl methyl sites for hydroxylation is 1. The standard InChI is InChI=1S/C11H11Br2N3/c1-2-3-10-14-11(16-15-10)8-5-4-7(12)6-9(8)13/h4-6H,2-3H2,1H3,(H,14,15,16).